The zero-order valence-corrected chi connectivity index (χ0v) is 23.6. The number of benzene rings is 2. The first-order valence-electron chi connectivity index (χ1n) is 14.4. The number of nitrogens with one attached hydrogen (secondary N) is 1. The Labute approximate surface area is 249 Å². The first-order chi connectivity index (χ1) is 20.9. The molecule has 0 spiro atoms. The van der Waals surface area contributed by atoms with Crippen LogP contribution in [0.3, 0.4) is 0 Å². The van der Waals surface area contributed by atoms with Gasteiger partial charge in [0.1, 0.15) is 11.5 Å². The second-order valence-corrected chi connectivity index (χ2v) is 10.7. The molecule has 2 aromatic carbocycles. The fraction of sp³-hybridized carbons (Fsp3) is 0.242. The van der Waals surface area contributed by atoms with Crippen molar-refractivity contribution in [1.29, 1.82) is 0 Å². The van der Waals surface area contributed by atoms with Gasteiger partial charge in [0, 0.05) is 36.7 Å². The molecule has 10 nitrogen and oxygen atoms in total. The Kier molecular flexibility index (Phi) is 8.10. The maximum atomic E-state index is 12.3. The maximum absolute atomic E-state index is 12.3. The van der Waals surface area contributed by atoms with Crippen molar-refractivity contribution in [3.05, 3.63) is 102 Å². The molecule has 6 rings (SSSR count). The fourth-order valence-corrected chi connectivity index (χ4v) is 5.52. The second kappa shape index (κ2) is 12.4. The van der Waals surface area contributed by atoms with E-state index in [0.29, 0.717) is 35.8 Å². The zero-order valence-electron chi connectivity index (χ0n) is 23.6. The highest BCUT2D eigenvalue weighted by atomic mass is 16.5. The van der Waals surface area contributed by atoms with Crippen LogP contribution in [-0.2, 0) is 11.3 Å². The van der Waals surface area contributed by atoms with Gasteiger partial charge in [0.15, 0.2) is 0 Å². The number of nitrogens with zero attached hydrogens (tertiary/aromatic N) is 4. The van der Waals surface area contributed by atoms with Crippen molar-refractivity contribution in [3.63, 3.8) is 0 Å². The molecule has 0 bridgehead atoms. The Morgan fingerprint density at radius 3 is 2.33 bits per heavy atom. The van der Waals surface area contributed by atoms with Crippen LogP contribution in [0, 0.1) is 0 Å². The van der Waals surface area contributed by atoms with Crippen molar-refractivity contribution in [2.75, 3.05) is 24.5 Å². The summed E-state index contributed by atoms with van der Waals surface area (Å²) in [4.78, 5) is 49.2. The number of amides is 4. The number of urea groups is 1. The highest BCUT2D eigenvalue weighted by Crippen LogP contribution is 2.32. The molecule has 0 saturated carbocycles. The van der Waals surface area contributed by atoms with Gasteiger partial charge in [0.05, 0.1) is 28.8 Å². The molecular weight excluding hydrogens is 544 g/mol. The van der Waals surface area contributed by atoms with Gasteiger partial charge in [-0.05, 0) is 86.6 Å². The van der Waals surface area contributed by atoms with Crippen LogP contribution in [0.5, 0.6) is 11.5 Å². The molecule has 10 heteroatoms. The van der Waals surface area contributed by atoms with Gasteiger partial charge in [-0.3, -0.25) is 34.7 Å². The number of nitrogens with two attached hydrogens (primary N) is 1. The normalized spacial score (nSPS) is 16.1. The number of piperidine rings is 1. The third kappa shape index (κ3) is 6.54. The first kappa shape index (κ1) is 28.0. The molecular formula is C33H32N6O4. The number of carbonyl (C=O) groups excluding carboxylic acids is 3. The number of likely N-dealkylation sites (tertiary alicyclic amines) is 1. The van der Waals surface area contributed by atoms with Gasteiger partial charge in [-0.15, -0.1) is 0 Å². The fourth-order valence-electron chi connectivity index (χ4n) is 5.52. The number of hydrogen-bond acceptors (Lipinski definition) is 7. The van der Waals surface area contributed by atoms with Crippen LogP contribution in [0.1, 0.15) is 46.9 Å². The van der Waals surface area contributed by atoms with Gasteiger partial charge in [0.2, 0.25) is 5.91 Å². The minimum Gasteiger partial charge on any atom is -0.457 e. The van der Waals surface area contributed by atoms with Gasteiger partial charge < -0.3 is 10.5 Å². The van der Waals surface area contributed by atoms with Crippen LogP contribution in [-0.4, -0.2) is 52.3 Å². The van der Waals surface area contributed by atoms with Crippen LogP contribution in [0.25, 0.3) is 11.3 Å². The lowest BCUT2D eigenvalue weighted by Crippen LogP contribution is -2.49. The Hall–Kier alpha value is -5.09. The number of aromatic nitrogens is 2. The van der Waals surface area contributed by atoms with Crippen molar-refractivity contribution in [3.8, 4) is 22.8 Å². The van der Waals surface area contributed by atoms with E-state index < -0.39 is 11.9 Å². The molecule has 2 saturated heterocycles. The summed E-state index contributed by atoms with van der Waals surface area (Å²) in [7, 11) is 0. The molecule has 3 N–H and O–H groups in total. The predicted molar refractivity (Wildman–Crippen MR) is 162 cm³/mol. The zero-order chi connectivity index (χ0) is 29.8. The predicted octanol–water partition coefficient (Wildman–Crippen LogP) is 4.86. The Morgan fingerprint density at radius 2 is 1.65 bits per heavy atom. The monoisotopic (exact) mass is 576 g/mol. The lowest BCUT2D eigenvalue weighted by atomic mass is 9.91. The largest absolute Gasteiger partial charge is 0.457 e. The molecule has 2 aliphatic rings. The van der Waals surface area contributed by atoms with E-state index in [1.807, 2.05) is 72.8 Å². The number of ether oxygens (including phenoxy) is 1. The third-order valence-corrected chi connectivity index (χ3v) is 7.86. The average molecular weight is 577 g/mol. The molecule has 2 aliphatic heterocycles. The van der Waals surface area contributed by atoms with Crippen LogP contribution < -0.4 is 20.7 Å². The quantitative estimate of drug-likeness (QED) is 0.306. The maximum Gasteiger partial charge on any atom is 0.328 e. The van der Waals surface area contributed by atoms with Gasteiger partial charge in [0.25, 0.3) is 5.91 Å². The second-order valence-electron chi connectivity index (χ2n) is 10.7. The summed E-state index contributed by atoms with van der Waals surface area (Å²) in [5.41, 5.74) is 10.0. The average Bonchev–Trinajstić information content (AvgIpc) is 3.03. The SMILES string of the molecule is NC(=O)c1ccc(C2CCN(Cc3ccc(N4CCC(=O)NC4=O)cn3)CC2)nc1-c1ccc(Oc2ccccc2)cc1. The van der Waals surface area contributed by atoms with Gasteiger partial charge in [-0.2, -0.15) is 0 Å². The van der Waals surface area contributed by atoms with Gasteiger partial charge >= 0.3 is 6.03 Å². The summed E-state index contributed by atoms with van der Waals surface area (Å²) in [6.45, 7) is 2.81. The highest BCUT2D eigenvalue weighted by molar-refractivity contribution is 6.05. The summed E-state index contributed by atoms with van der Waals surface area (Å²) in [5.74, 6) is 0.928. The van der Waals surface area contributed by atoms with Crippen molar-refractivity contribution >= 4 is 23.5 Å². The van der Waals surface area contributed by atoms with E-state index in [-0.39, 0.29) is 18.2 Å². The number of para-hydroxylation sites is 1. The van der Waals surface area contributed by atoms with Crippen molar-refractivity contribution in [2.24, 2.45) is 5.73 Å². The smallest absolute Gasteiger partial charge is 0.328 e. The van der Waals surface area contributed by atoms with Crippen molar-refractivity contribution in [2.45, 2.75) is 31.7 Å². The van der Waals surface area contributed by atoms with Gasteiger partial charge in [-0.25, -0.2) is 4.79 Å². The Bertz CT molecular complexity index is 1620. The summed E-state index contributed by atoms with van der Waals surface area (Å²) < 4.78 is 5.91. The lowest BCUT2D eigenvalue weighted by Gasteiger charge is -2.32. The van der Waals surface area contributed by atoms with E-state index >= 15 is 0 Å². The number of hydrogen-bond donors (Lipinski definition) is 2. The molecule has 0 aliphatic carbocycles. The number of rotatable bonds is 8. The molecule has 0 unspecified atom stereocenters. The number of pyridine rings is 2. The van der Waals surface area contributed by atoms with Crippen LogP contribution in [0.4, 0.5) is 10.5 Å². The van der Waals surface area contributed by atoms with Crippen LogP contribution >= 0.6 is 0 Å². The summed E-state index contributed by atoms with van der Waals surface area (Å²) in [5, 5.41) is 2.34. The molecule has 4 heterocycles. The molecule has 2 fully saturated rings. The Balaban J connectivity index is 1.09. The van der Waals surface area contributed by atoms with Gasteiger partial charge in [-0.1, -0.05) is 18.2 Å². The summed E-state index contributed by atoms with van der Waals surface area (Å²) in [6.07, 6.45) is 3.81. The third-order valence-electron chi connectivity index (χ3n) is 7.86. The highest BCUT2D eigenvalue weighted by Gasteiger charge is 2.26. The van der Waals surface area contributed by atoms with Crippen LogP contribution in [0.15, 0.2) is 85.1 Å². The summed E-state index contributed by atoms with van der Waals surface area (Å²) >= 11 is 0. The van der Waals surface area contributed by atoms with Crippen molar-refractivity contribution in [1.82, 2.24) is 20.2 Å². The van der Waals surface area contributed by atoms with E-state index in [4.69, 9.17) is 15.5 Å². The van der Waals surface area contributed by atoms with Crippen LogP contribution in [0.2, 0.25) is 0 Å². The molecule has 0 radical (unpaired) electrons. The standard InChI is InChI=1S/C33H32N6O4/c34-32(41)28-12-13-29(36-31(28)23-6-10-27(11-7-23)43-26-4-2-1-3-5-26)22-14-17-38(18-15-22)21-24-8-9-25(20-35-24)39-19-16-30(40)37-33(39)42/h1-13,20,22H,14-19,21H2,(H2,34,41)(H,37,40,42). The van der Waals surface area contributed by atoms with E-state index in [2.05, 4.69) is 15.2 Å². The van der Waals surface area contributed by atoms with E-state index in [9.17, 15) is 14.4 Å². The molecule has 4 amide bonds. The topological polar surface area (TPSA) is 131 Å². The minimum atomic E-state index is -0.513. The molecule has 218 valence electrons. The van der Waals surface area contributed by atoms with E-state index in [1.54, 1.807) is 12.3 Å². The number of anilines is 1. The molecule has 43 heavy (non-hydrogen) atoms. The summed E-state index contributed by atoms with van der Waals surface area (Å²) in [6, 6.07) is 24.2. The molecule has 4 aromatic rings. The first-order valence-corrected chi connectivity index (χ1v) is 14.4. The number of imide groups is 1. The minimum absolute atomic E-state index is 0.257. The lowest BCUT2D eigenvalue weighted by molar-refractivity contribution is -0.120. The molecule has 0 atom stereocenters. The number of carbonyl (C=O) groups is 3. The van der Waals surface area contributed by atoms with Crippen molar-refractivity contribution < 1.29 is 19.1 Å². The van der Waals surface area contributed by atoms with E-state index in [1.165, 1.54) is 4.90 Å². The molecule has 2 aromatic heterocycles. The Morgan fingerprint density at radius 1 is 0.907 bits per heavy atom. The van der Waals surface area contributed by atoms with E-state index in [0.717, 1.165) is 48.6 Å². The number of primary amides is 1.